The van der Waals surface area contributed by atoms with E-state index in [2.05, 4.69) is 28.2 Å². The number of carbonyl (C=O) groups is 2. The first-order valence-corrected chi connectivity index (χ1v) is 9.79. The average molecular weight is 415 g/mol. The van der Waals surface area contributed by atoms with Gasteiger partial charge in [-0.2, -0.15) is 0 Å². The lowest BCUT2D eigenvalue weighted by molar-refractivity contribution is -0.125. The molecule has 1 heterocycles. The fourth-order valence-corrected chi connectivity index (χ4v) is 3.82. The van der Waals surface area contributed by atoms with Gasteiger partial charge in [0.05, 0.1) is 5.92 Å². The predicted octanol–water partition coefficient (Wildman–Crippen LogP) is 4.86. The third-order valence-corrected chi connectivity index (χ3v) is 5.36. The second-order valence-electron chi connectivity index (χ2n) is 6.70. The Balaban J connectivity index is 1.70. The number of carbonyl (C=O) groups excluding carboxylic acids is 2. The molecule has 0 radical (unpaired) electrons. The van der Waals surface area contributed by atoms with Crippen LogP contribution in [0.1, 0.15) is 26.2 Å². The second-order valence-corrected chi connectivity index (χ2v) is 7.61. The van der Waals surface area contributed by atoms with Gasteiger partial charge in [0.1, 0.15) is 0 Å². The van der Waals surface area contributed by atoms with Crippen LogP contribution in [0.25, 0.3) is 0 Å². The maximum absolute atomic E-state index is 13.0. The summed E-state index contributed by atoms with van der Waals surface area (Å²) in [5.41, 5.74) is 1.66. The average Bonchev–Trinajstić information content (AvgIpc) is 2.94. The quantitative estimate of drug-likeness (QED) is 0.733. The van der Waals surface area contributed by atoms with Crippen molar-refractivity contribution in [2.24, 2.45) is 11.8 Å². The summed E-state index contributed by atoms with van der Waals surface area (Å²) in [5, 5.41) is 2.90. The molecule has 0 spiro atoms. The summed E-state index contributed by atoms with van der Waals surface area (Å²) in [5.74, 6) is -0.101. The molecular weight excluding hydrogens is 392 g/mol. The molecule has 1 saturated heterocycles. The zero-order valence-corrected chi connectivity index (χ0v) is 16.4. The van der Waals surface area contributed by atoms with E-state index in [1.165, 1.54) is 0 Å². The van der Waals surface area contributed by atoms with Gasteiger partial charge in [0.25, 0.3) is 0 Å². The summed E-state index contributed by atoms with van der Waals surface area (Å²) < 4.78 is 0.961. The molecule has 4 nitrogen and oxygen atoms in total. The molecule has 0 aromatic heterocycles. The zero-order valence-electron chi connectivity index (χ0n) is 14.8. The monoisotopic (exact) mass is 414 g/mol. The number of amides is 2. The van der Waals surface area contributed by atoms with E-state index in [9.17, 15) is 9.59 Å². The summed E-state index contributed by atoms with van der Waals surface area (Å²) in [6.45, 7) is 2.81. The molecule has 3 rings (SSSR count). The highest BCUT2D eigenvalue weighted by molar-refractivity contribution is 9.10. The first kappa shape index (κ1) is 18.6. The largest absolute Gasteiger partial charge is 0.326 e. The Morgan fingerprint density at radius 3 is 2.50 bits per heavy atom. The summed E-state index contributed by atoms with van der Waals surface area (Å²) in [4.78, 5) is 27.3. The lowest BCUT2D eigenvalue weighted by Crippen LogP contribution is -2.29. The van der Waals surface area contributed by atoms with Gasteiger partial charge in [-0.1, -0.05) is 47.5 Å². The lowest BCUT2D eigenvalue weighted by Gasteiger charge is -2.16. The van der Waals surface area contributed by atoms with Crippen LogP contribution in [0.5, 0.6) is 0 Å². The van der Waals surface area contributed by atoms with E-state index in [4.69, 9.17) is 0 Å². The minimum atomic E-state index is -0.259. The van der Waals surface area contributed by atoms with E-state index in [1.807, 2.05) is 59.5 Å². The van der Waals surface area contributed by atoms with Crippen molar-refractivity contribution in [2.45, 2.75) is 26.2 Å². The smallest absolute Gasteiger partial charge is 0.230 e. The Morgan fingerprint density at radius 2 is 1.85 bits per heavy atom. The molecule has 1 aliphatic rings. The first-order valence-electron chi connectivity index (χ1n) is 9.00. The molecule has 2 atom stereocenters. The Hall–Kier alpha value is -2.14. The SMILES string of the molecule is CCC[C@H]1CN(c2ccccc2)C(=O)[C@@H]1CC(=O)Nc1ccc(Br)cc1. The third kappa shape index (κ3) is 4.33. The van der Waals surface area contributed by atoms with E-state index in [-0.39, 0.29) is 30.1 Å². The van der Waals surface area contributed by atoms with E-state index >= 15 is 0 Å². The number of rotatable bonds is 6. The van der Waals surface area contributed by atoms with Crippen molar-refractivity contribution >= 4 is 39.1 Å². The zero-order chi connectivity index (χ0) is 18.5. The Morgan fingerprint density at radius 1 is 1.15 bits per heavy atom. The molecule has 1 fully saturated rings. The van der Waals surface area contributed by atoms with E-state index < -0.39 is 0 Å². The Bertz CT molecular complexity index is 761. The van der Waals surface area contributed by atoms with Crippen molar-refractivity contribution in [1.82, 2.24) is 0 Å². The molecular formula is C21H23BrN2O2. The van der Waals surface area contributed by atoms with Crippen molar-refractivity contribution in [3.8, 4) is 0 Å². The molecule has 0 bridgehead atoms. The maximum Gasteiger partial charge on any atom is 0.230 e. The van der Waals surface area contributed by atoms with Gasteiger partial charge in [-0.05, 0) is 48.7 Å². The van der Waals surface area contributed by atoms with Crippen LogP contribution in [0, 0.1) is 11.8 Å². The van der Waals surface area contributed by atoms with Gasteiger partial charge in [-0.3, -0.25) is 9.59 Å². The molecule has 2 aromatic rings. The highest BCUT2D eigenvalue weighted by Gasteiger charge is 2.41. The van der Waals surface area contributed by atoms with Crippen molar-refractivity contribution in [3.63, 3.8) is 0 Å². The minimum absolute atomic E-state index is 0.0561. The van der Waals surface area contributed by atoms with Gasteiger partial charge in [-0.25, -0.2) is 0 Å². The second kappa shape index (κ2) is 8.49. The Labute approximate surface area is 162 Å². The highest BCUT2D eigenvalue weighted by atomic mass is 79.9. The summed E-state index contributed by atoms with van der Waals surface area (Å²) in [6.07, 6.45) is 2.18. The van der Waals surface area contributed by atoms with Crippen molar-refractivity contribution in [1.29, 1.82) is 0 Å². The van der Waals surface area contributed by atoms with Gasteiger partial charge in [0, 0.05) is 28.8 Å². The number of benzene rings is 2. The molecule has 1 aliphatic heterocycles. The van der Waals surface area contributed by atoms with Gasteiger partial charge in [-0.15, -0.1) is 0 Å². The number of hydrogen-bond acceptors (Lipinski definition) is 2. The number of nitrogens with zero attached hydrogens (tertiary/aromatic N) is 1. The van der Waals surface area contributed by atoms with Gasteiger partial charge >= 0.3 is 0 Å². The predicted molar refractivity (Wildman–Crippen MR) is 108 cm³/mol. The highest BCUT2D eigenvalue weighted by Crippen LogP contribution is 2.34. The summed E-state index contributed by atoms with van der Waals surface area (Å²) in [6, 6.07) is 17.2. The number of halogens is 1. The minimum Gasteiger partial charge on any atom is -0.326 e. The molecule has 136 valence electrons. The van der Waals surface area contributed by atoms with Gasteiger partial charge in [0.15, 0.2) is 0 Å². The molecule has 0 unspecified atom stereocenters. The fraction of sp³-hybridized carbons (Fsp3) is 0.333. The van der Waals surface area contributed by atoms with E-state index in [0.29, 0.717) is 6.54 Å². The standard InChI is InChI=1S/C21H23BrN2O2/c1-2-6-15-14-24(18-7-4-3-5-8-18)21(26)19(15)13-20(25)23-17-11-9-16(22)10-12-17/h3-5,7-12,15,19H,2,6,13-14H2,1H3,(H,23,25)/t15-,19+/m0/s1. The number of nitrogens with one attached hydrogen (secondary N) is 1. The normalized spacial score (nSPS) is 19.6. The van der Waals surface area contributed by atoms with Crippen LogP contribution in [0.2, 0.25) is 0 Å². The van der Waals surface area contributed by atoms with Crippen LogP contribution >= 0.6 is 15.9 Å². The fourth-order valence-electron chi connectivity index (χ4n) is 3.56. The van der Waals surface area contributed by atoms with Crippen molar-refractivity contribution < 1.29 is 9.59 Å². The summed E-state index contributed by atoms with van der Waals surface area (Å²) in [7, 11) is 0. The molecule has 0 saturated carbocycles. The van der Waals surface area contributed by atoms with Crippen LogP contribution in [0.15, 0.2) is 59.1 Å². The first-order chi connectivity index (χ1) is 12.6. The maximum atomic E-state index is 13.0. The Kier molecular flexibility index (Phi) is 6.09. The van der Waals surface area contributed by atoms with Crippen LogP contribution in [-0.4, -0.2) is 18.4 Å². The van der Waals surface area contributed by atoms with Crippen LogP contribution in [0.4, 0.5) is 11.4 Å². The molecule has 1 N–H and O–H groups in total. The van der Waals surface area contributed by atoms with Crippen LogP contribution in [0.3, 0.4) is 0 Å². The van der Waals surface area contributed by atoms with Crippen molar-refractivity contribution in [3.05, 3.63) is 59.1 Å². The van der Waals surface area contributed by atoms with Gasteiger partial charge in [0.2, 0.25) is 11.8 Å². The molecule has 2 amide bonds. The van der Waals surface area contributed by atoms with Crippen LogP contribution in [-0.2, 0) is 9.59 Å². The van der Waals surface area contributed by atoms with Crippen LogP contribution < -0.4 is 10.2 Å². The third-order valence-electron chi connectivity index (χ3n) is 4.83. The molecule has 2 aromatic carbocycles. The summed E-state index contributed by atoms with van der Waals surface area (Å²) >= 11 is 3.38. The lowest BCUT2D eigenvalue weighted by atomic mass is 9.88. The van der Waals surface area contributed by atoms with E-state index in [1.54, 1.807) is 0 Å². The molecule has 5 heteroatoms. The van der Waals surface area contributed by atoms with E-state index in [0.717, 1.165) is 28.7 Å². The topological polar surface area (TPSA) is 49.4 Å². The van der Waals surface area contributed by atoms with Crippen molar-refractivity contribution in [2.75, 3.05) is 16.8 Å². The number of para-hydroxylation sites is 1. The molecule has 26 heavy (non-hydrogen) atoms. The number of hydrogen-bond donors (Lipinski definition) is 1. The van der Waals surface area contributed by atoms with Gasteiger partial charge < -0.3 is 10.2 Å². The molecule has 0 aliphatic carbocycles. The number of anilines is 2.